The third-order valence-corrected chi connectivity index (χ3v) is 8.76. The van der Waals surface area contributed by atoms with Crippen molar-refractivity contribution in [3.8, 4) is 11.5 Å². The maximum absolute atomic E-state index is 13.8. The van der Waals surface area contributed by atoms with E-state index in [9.17, 15) is 24.0 Å². The summed E-state index contributed by atoms with van der Waals surface area (Å²) in [6, 6.07) is 1.64. The minimum atomic E-state index is -1.18. The second kappa shape index (κ2) is 30.1. The topological polar surface area (TPSA) is 354 Å². The van der Waals surface area contributed by atoms with E-state index in [1.54, 1.807) is 18.2 Å². The van der Waals surface area contributed by atoms with Crippen molar-refractivity contribution in [3.05, 3.63) is 23.8 Å². The molecule has 0 radical (unpaired) electrons. The first-order chi connectivity index (χ1) is 28.2. The van der Waals surface area contributed by atoms with Crippen LogP contribution in [0, 0.1) is 0 Å². The zero-order chi connectivity index (χ0) is 44.0. The number of benzene rings is 1. The van der Waals surface area contributed by atoms with Gasteiger partial charge in [0.25, 0.3) is 5.91 Å². The van der Waals surface area contributed by atoms with Crippen molar-refractivity contribution < 1.29 is 38.2 Å². The number of hydrogen-bond acceptors (Lipinski definition) is 11. The molecule has 3 atom stereocenters. The Morgan fingerprint density at radius 2 is 1.14 bits per heavy atom. The van der Waals surface area contributed by atoms with Gasteiger partial charge in [-0.15, -0.1) is 0 Å². The molecule has 0 heterocycles. The first-order valence-corrected chi connectivity index (χ1v) is 19.9. The highest BCUT2D eigenvalue weighted by molar-refractivity contribution is 5.93. The SMILES string of the molecule is CCCCCCCCC(=O)NCc1ccc(OCC(=O)N[C@@H](CCCN=C(N)N)C(=O)N[C@@H](CCCN=C(N)N)C(=O)N[C@@H](CCCN=C(N)N)C(=O)OC)c(OC)c1. The number of methoxy groups -OCH3 is 2. The van der Waals surface area contributed by atoms with E-state index in [-0.39, 0.29) is 81.3 Å². The van der Waals surface area contributed by atoms with Gasteiger partial charge in [-0.05, 0) is 62.6 Å². The van der Waals surface area contributed by atoms with E-state index in [0.29, 0.717) is 25.1 Å². The molecule has 0 saturated heterocycles. The van der Waals surface area contributed by atoms with Gasteiger partial charge >= 0.3 is 5.97 Å². The van der Waals surface area contributed by atoms with Gasteiger partial charge in [0.15, 0.2) is 36.0 Å². The molecule has 21 nitrogen and oxygen atoms in total. The fourth-order valence-electron chi connectivity index (χ4n) is 5.66. The molecule has 1 rings (SSSR count). The third kappa shape index (κ3) is 23.7. The number of nitrogens with two attached hydrogens (primary N) is 6. The summed E-state index contributed by atoms with van der Waals surface area (Å²) in [5, 5.41) is 10.9. The van der Waals surface area contributed by atoms with Gasteiger partial charge < -0.3 is 69.9 Å². The van der Waals surface area contributed by atoms with E-state index in [4.69, 9.17) is 48.6 Å². The van der Waals surface area contributed by atoms with Gasteiger partial charge in [0.05, 0.1) is 14.2 Å². The average Bonchev–Trinajstić information content (AvgIpc) is 3.20. The second-order valence-corrected chi connectivity index (χ2v) is 13.7. The molecule has 0 fully saturated rings. The highest BCUT2D eigenvalue weighted by Gasteiger charge is 2.30. The number of nitrogens with zero attached hydrogens (tertiary/aromatic N) is 3. The summed E-state index contributed by atoms with van der Waals surface area (Å²) < 4.78 is 16.1. The largest absolute Gasteiger partial charge is 0.493 e. The van der Waals surface area contributed by atoms with E-state index >= 15 is 0 Å². The van der Waals surface area contributed by atoms with Crippen LogP contribution in [0.4, 0.5) is 0 Å². The molecule has 0 aromatic heterocycles. The van der Waals surface area contributed by atoms with Crippen LogP contribution in [0.25, 0.3) is 0 Å². The van der Waals surface area contributed by atoms with E-state index in [1.807, 2.05) is 0 Å². The van der Waals surface area contributed by atoms with Crippen LogP contribution in [-0.2, 0) is 35.3 Å². The van der Waals surface area contributed by atoms with E-state index < -0.39 is 48.4 Å². The Hall–Kier alpha value is -6.02. The molecule has 1 aromatic rings. The predicted octanol–water partition coefficient (Wildman–Crippen LogP) is -0.771. The number of hydrogen-bond donors (Lipinski definition) is 10. The average molecular weight is 834 g/mol. The fraction of sp³-hybridized carbons (Fsp3) is 0.632. The number of amides is 4. The lowest BCUT2D eigenvalue weighted by molar-refractivity contribution is -0.145. The van der Waals surface area contributed by atoms with Crippen LogP contribution in [0.1, 0.15) is 96.0 Å². The van der Waals surface area contributed by atoms with Crippen LogP contribution < -0.4 is 65.1 Å². The van der Waals surface area contributed by atoms with Gasteiger partial charge in [-0.1, -0.05) is 45.1 Å². The number of guanidine groups is 3. The third-order valence-electron chi connectivity index (χ3n) is 8.76. The normalized spacial score (nSPS) is 12.1. The van der Waals surface area contributed by atoms with Crippen LogP contribution in [0.5, 0.6) is 11.5 Å². The molecule has 16 N–H and O–H groups in total. The maximum Gasteiger partial charge on any atom is 0.328 e. The Bertz CT molecular complexity index is 1540. The minimum Gasteiger partial charge on any atom is -0.493 e. The highest BCUT2D eigenvalue weighted by atomic mass is 16.5. The first-order valence-electron chi connectivity index (χ1n) is 19.9. The van der Waals surface area contributed by atoms with Gasteiger partial charge in [-0.3, -0.25) is 34.2 Å². The van der Waals surface area contributed by atoms with Crippen molar-refractivity contribution in [1.82, 2.24) is 21.3 Å². The molecule has 21 heteroatoms. The lowest BCUT2D eigenvalue weighted by Gasteiger charge is -2.25. The van der Waals surface area contributed by atoms with Gasteiger partial charge in [0.2, 0.25) is 17.7 Å². The number of nitrogens with one attached hydrogen (secondary N) is 4. The highest BCUT2D eigenvalue weighted by Crippen LogP contribution is 2.28. The summed E-state index contributed by atoms with van der Waals surface area (Å²) in [5.74, 6) is -2.61. The lowest BCUT2D eigenvalue weighted by atomic mass is 10.1. The molecule has 0 spiro atoms. The standard InChI is InChI=1S/C38H67N13O8/c1-4-5-6-7-8-9-16-31(52)48-23-25-17-18-29(30(22-25)57-2)59-24-32(53)49-26(13-10-19-45-36(39)40)33(54)50-27(14-11-20-46-37(41)42)34(55)51-28(35(56)58-3)15-12-21-47-38(43)44/h17-18,22,26-28H,4-16,19-21,23-24H2,1-3H3,(H,48,52)(H,49,53)(H,50,54)(H,51,55)(H4,39,40,45)(H4,41,42,46)(H4,43,44,47)/t26-,27-,28-/m0/s1. The lowest BCUT2D eigenvalue weighted by Crippen LogP contribution is -2.56. The van der Waals surface area contributed by atoms with E-state index in [1.165, 1.54) is 33.5 Å². The molecule has 332 valence electrons. The van der Waals surface area contributed by atoms with Gasteiger partial charge in [-0.2, -0.15) is 0 Å². The van der Waals surface area contributed by atoms with Crippen molar-refractivity contribution >= 4 is 47.5 Å². The molecule has 0 aliphatic heterocycles. The van der Waals surface area contributed by atoms with Crippen LogP contribution in [-0.4, -0.2) is 106 Å². The number of unbranched alkanes of at least 4 members (excludes halogenated alkanes) is 5. The van der Waals surface area contributed by atoms with E-state index in [0.717, 1.165) is 24.8 Å². The summed E-state index contributed by atoms with van der Waals surface area (Å²) >= 11 is 0. The number of carbonyl (C=O) groups excluding carboxylic acids is 5. The van der Waals surface area contributed by atoms with Crippen LogP contribution in [0.3, 0.4) is 0 Å². The quantitative estimate of drug-likeness (QED) is 0.0190. The summed E-state index contributed by atoms with van der Waals surface area (Å²) in [7, 11) is 2.63. The summed E-state index contributed by atoms with van der Waals surface area (Å²) in [5.41, 5.74) is 33.3. The molecule has 1 aromatic carbocycles. The predicted molar refractivity (Wildman–Crippen MR) is 226 cm³/mol. The van der Waals surface area contributed by atoms with Crippen LogP contribution in [0.2, 0.25) is 0 Å². The smallest absolute Gasteiger partial charge is 0.328 e. The van der Waals surface area contributed by atoms with Crippen molar-refractivity contribution in [2.24, 2.45) is 49.4 Å². The Balaban J connectivity index is 3.06. The fourth-order valence-corrected chi connectivity index (χ4v) is 5.66. The Labute approximate surface area is 346 Å². The van der Waals surface area contributed by atoms with Crippen molar-refractivity contribution in [1.29, 1.82) is 0 Å². The molecule has 0 unspecified atom stereocenters. The Morgan fingerprint density at radius 3 is 1.66 bits per heavy atom. The Kier molecular flexibility index (Phi) is 26.0. The zero-order valence-corrected chi connectivity index (χ0v) is 34.8. The first kappa shape index (κ1) is 51.0. The van der Waals surface area contributed by atoms with Gasteiger partial charge in [-0.25, -0.2) is 4.79 Å². The summed E-state index contributed by atoms with van der Waals surface area (Å²) in [6.07, 6.45) is 8.16. The molecular weight excluding hydrogens is 767 g/mol. The van der Waals surface area contributed by atoms with Crippen molar-refractivity contribution in [2.45, 2.75) is 115 Å². The number of aliphatic imine (C=N–C) groups is 3. The molecule has 0 aliphatic rings. The second-order valence-electron chi connectivity index (χ2n) is 13.7. The van der Waals surface area contributed by atoms with Gasteiger partial charge in [0, 0.05) is 32.6 Å². The minimum absolute atomic E-state index is 0.0346. The van der Waals surface area contributed by atoms with Crippen molar-refractivity contribution in [3.63, 3.8) is 0 Å². The van der Waals surface area contributed by atoms with Crippen LogP contribution in [0.15, 0.2) is 33.2 Å². The molecule has 4 amide bonds. The van der Waals surface area contributed by atoms with Gasteiger partial charge in [0.1, 0.15) is 18.1 Å². The molecule has 0 aliphatic carbocycles. The molecule has 59 heavy (non-hydrogen) atoms. The van der Waals surface area contributed by atoms with Crippen molar-refractivity contribution in [2.75, 3.05) is 40.5 Å². The Morgan fingerprint density at radius 1 is 0.627 bits per heavy atom. The summed E-state index contributed by atoms with van der Waals surface area (Å²) in [6.45, 7) is 2.47. The van der Waals surface area contributed by atoms with Crippen LogP contribution >= 0.6 is 0 Å². The molecular formula is C38H67N13O8. The number of ether oxygens (including phenoxy) is 3. The number of carbonyl (C=O) groups is 5. The zero-order valence-electron chi connectivity index (χ0n) is 34.8. The number of esters is 1. The monoisotopic (exact) mass is 834 g/mol. The van der Waals surface area contributed by atoms with E-state index in [2.05, 4.69) is 43.2 Å². The number of rotatable bonds is 31. The molecule has 0 saturated carbocycles. The molecule has 0 bridgehead atoms. The maximum atomic E-state index is 13.8. The summed E-state index contributed by atoms with van der Waals surface area (Å²) in [4.78, 5) is 77.2.